The molecular weight excluding hydrogens is 301 g/mol. The van der Waals surface area contributed by atoms with Crippen LogP contribution in [0.5, 0.6) is 0 Å². The van der Waals surface area contributed by atoms with Gasteiger partial charge in [0.1, 0.15) is 10.4 Å². The zero-order chi connectivity index (χ0) is 13.5. The lowest BCUT2D eigenvalue weighted by atomic mass is 10.4. The van der Waals surface area contributed by atoms with Crippen LogP contribution in [-0.4, -0.2) is 31.1 Å². The van der Waals surface area contributed by atoms with Gasteiger partial charge in [0.25, 0.3) is 0 Å². The Morgan fingerprint density at radius 2 is 2.06 bits per heavy atom. The van der Waals surface area contributed by atoms with Gasteiger partial charge in [0.05, 0.1) is 5.69 Å². The Hall–Kier alpha value is -0.890. The zero-order valence-electron chi connectivity index (χ0n) is 9.01. The lowest BCUT2D eigenvalue weighted by molar-refractivity contribution is -0.117. The topological polar surface area (TPSA) is 93.4 Å². The van der Waals surface area contributed by atoms with Crippen molar-refractivity contribution in [1.82, 2.24) is 4.98 Å². The van der Waals surface area contributed by atoms with Gasteiger partial charge in [-0.05, 0) is 12.1 Å². The Morgan fingerprint density at radius 1 is 1.39 bits per heavy atom. The highest BCUT2D eigenvalue weighted by atomic mass is 35.5. The first-order chi connectivity index (χ1) is 8.29. The Labute approximate surface area is 114 Å². The number of amides is 1. The number of pyridine rings is 1. The number of carbonyl (C=O) groups excluding carboxylic acids is 1. The van der Waals surface area contributed by atoms with Crippen molar-refractivity contribution in [3.05, 3.63) is 22.4 Å². The quantitative estimate of drug-likeness (QED) is 0.817. The van der Waals surface area contributed by atoms with Crippen LogP contribution in [0.1, 0.15) is 6.42 Å². The number of primary sulfonamides is 1. The number of carbonyl (C=O) groups is 1. The Balaban J connectivity index is 2.33. The molecule has 18 heavy (non-hydrogen) atoms. The fourth-order valence-electron chi connectivity index (χ4n) is 1.73. The van der Waals surface area contributed by atoms with E-state index < -0.39 is 15.3 Å². The fourth-order valence-corrected chi connectivity index (χ4v) is 2.91. The molecule has 2 heterocycles. The highest BCUT2D eigenvalue weighted by Crippen LogP contribution is 2.30. The predicted octanol–water partition coefficient (Wildman–Crippen LogP) is 0.782. The highest BCUT2D eigenvalue weighted by Gasteiger charge is 2.38. The molecular formula is C9H9Cl2N3O3S. The third-order valence-corrected chi connectivity index (χ3v) is 4.37. The Bertz CT molecular complexity index is 605. The molecule has 98 valence electrons. The van der Waals surface area contributed by atoms with Crippen molar-refractivity contribution in [1.29, 1.82) is 0 Å². The third kappa shape index (κ3) is 2.59. The maximum atomic E-state index is 11.8. The second-order valence-corrected chi connectivity index (χ2v) is 6.45. The molecule has 6 nitrogen and oxygen atoms in total. The summed E-state index contributed by atoms with van der Waals surface area (Å²) in [6, 6.07) is 2.99. The van der Waals surface area contributed by atoms with E-state index in [1.54, 1.807) is 0 Å². The van der Waals surface area contributed by atoms with Crippen molar-refractivity contribution in [2.45, 2.75) is 11.7 Å². The van der Waals surface area contributed by atoms with Gasteiger partial charge in [0.2, 0.25) is 15.9 Å². The molecule has 0 bridgehead atoms. The molecule has 1 fully saturated rings. The van der Waals surface area contributed by atoms with E-state index in [1.165, 1.54) is 17.0 Å². The summed E-state index contributed by atoms with van der Waals surface area (Å²) in [5.74, 6) is -0.361. The van der Waals surface area contributed by atoms with Gasteiger partial charge < -0.3 is 4.90 Å². The molecule has 0 aromatic carbocycles. The number of sulfonamides is 1. The van der Waals surface area contributed by atoms with Crippen molar-refractivity contribution in [2.75, 3.05) is 11.4 Å². The van der Waals surface area contributed by atoms with Crippen molar-refractivity contribution in [3.63, 3.8) is 0 Å². The number of anilines is 1. The van der Waals surface area contributed by atoms with E-state index in [2.05, 4.69) is 4.98 Å². The molecule has 0 radical (unpaired) electrons. The van der Waals surface area contributed by atoms with Crippen molar-refractivity contribution in [2.24, 2.45) is 5.14 Å². The van der Waals surface area contributed by atoms with Crippen molar-refractivity contribution in [3.8, 4) is 0 Å². The van der Waals surface area contributed by atoms with E-state index in [1.807, 2.05) is 0 Å². The number of nitrogens with zero attached hydrogens (tertiary/aromatic N) is 2. The maximum Gasteiger partial charge on any atom is 0.228 e. The van der Waals surface area contributed by atoms with E-state index in [-0.39, 0.29) is 29.2 Å². The molecule has 1 atom stereocenters. The van der Waals surface area contributed by atoms with E-state index >= 15 is 0 Å². The molecule has 0 aliphatic carbocycles. The number of hydrogen-bond acceptors (Lipinski definition) is 4. The summed E-state index contributed by atoms with van der Waals surface area (Å²) in [5, 5.41) is 4.35. The largest absolute Gasteiger partial charge is 0.308 e. The average molecular weight is 310 g/mol. The first-order valence-corrected chi connectivity index (χ1v) is 7.29. The lowest BCUT2D eigenvalue weighted by Gasteiger charge is -2.17. The SMILES string of the molecule is NS(=O)(=O)C1CC(=O)N(c2ccc(Cl)nc2Cl)C1. The third-order valence-electron chi connectivity index (χ3n) is 2.64. The van der Waals surface area contributed by atoms with Crippen LogP contribution in [0.15, 0.2) is 12.1 Å². The van der Waals surface area contributed by atoms with Gasteiger partial charge in [-0.1, -0.05) is 23.2 Å². The summed E-state index contributed by atoms with van der Waals surface area (Å²) < 4.78 is 22.4. The number of nitrogens with two attached hydrogens (primary N) is 1. The van der Waals surface area contributed by atoms with Crippen LogP contribution >= 0.6 is 23.2 Å². The van der Waals surface area contributed by atoms with Gasteiger partial charge in [0.15, 0.2) is 5.15 Å². The molecule has 1 aromatic heterocycles. The number of rotatable bonds is 2. The summed E-state index contributed by atoms with van der Waals surface area (Å²) >= 11 is 11.5. The van der Waals surface area contributed by atoms with Crippen LogP contribution in [0.4, 0.5) is 5.69 Å². The minimum absolute atomic E-state index is 0.0271. The fraction of sp³-hybridized carbons (Fsp3) is 0.333. The van der Waals surface area contributed by atoms with Gasteiger partial charge in [-0.25, -0.2) is 18.5 Å². The molecule has 1 aromatic rings. The lowest BCUT2D eigenvalue weighted by Crippen LogP contribution is -2.32. The Morgan fingerprint density at radius 3 is 2.56 bits per heavy atom. The smallest absolute Gasteiger partial charge is 0.228 e. The summed E-state index contributed by atoms with van der Waals surface area (Å²) in [4.78, 5) is 16.8. The van der Waals surface area contributed by atoms with E-state index in [4.69, 9.17) is 28.3 Å². The molecule has 0 spiro atoms. The van der Waals surface area contributed by atoms with E-state index in [9.17, 15) is 13.2 Å². The normalized spacial score (nSPS) is 20.5. The first-order valence-electron chi connectivity index (χ1n) is 4.93. The van der Waals surface area contributed by atoms with Crippen LogP contribution in [0.3, 0.4) is 0 Å². The summed E-state index contributed by atoms with van der Waals surface area (Å²) in [5.41, 5.74) is 0.331. The van der Waals surface area contributed by atoms with Crippen LogP contribution in [0.25, 0.3) is 0 Å². The summed E-state index contributed by atoms with van der Waals surface area (Å²) in [6.07, 6.45) is -0.155. The second-order valence-electron chi connectivity index (χ2n) is 3.86. The van der Waals surface area contributed by atoms with Gasteiger partial charge >= 0.3 is 0 Å². The standard InChI is InChI=1S/C9H9Cl2N3O3S/c10-7-2-1-6(9(11)13-7)14-4-5(3-8(14)15)18(12,16)17/h1-2,5H,3-4H2,(H2,12,16,17). The molecule has 1 aliphatic rings. The Kier molecular flexibility index (Phi) is 3.50. The second kappa shape index (κ2) is 4.65. The molecule has 0 saturated carbocycles. The molecule has 2 rings (SSSR count). The van der Waals surface area contributed by atoms with Crippen LogP contribution < -0.4 is 10.0 Å². The first kappa shape index (κ1) is 13.5. The molecule has 1 unspecified atom stereocenters. The van der Waals surface area contributed by atoms with Gasteiger partial charge in [-0.2, -0.15) is 0 Å². The molecule has 1 aliphatic heterocycles. The van der Waals surface area contributed by atoms with Crippen LogP contribution in [0.2, 0.25) is 10.3 Å². The summed E-state index contributed by atoms with van der Waals surface area (Å²) in [7, 11) is -3.75. The zero-order valence-corrected chi connectivity index (χ0v) is 11.3. The monoisotopic (exact) mass is 309 g/mol. The van der Waals surface area contributed by atoms with E-state index in [0.717, 1.165) is 0 Å². The number of aromatic nitrogens is 1. The van der Waals surface area contributed by atoms with Crippen molar-refractivity contribution < 1.29 is 13.2 Å². The minimum atomic E-state index is -3.75. The minimum Gasteiger partial charge on any atom is -0.308 e. The average Bonchev–Trinajstić information content (AvgIpc) is 2.60. The predicted molar refractivity (Wildman–Crippen MR) is 68.1 cm³/mol. The van der Waals surface area contributed by atoms with E-state index in [0.29, 0.717) is 5.69 Å². The molecule has 1 saturated heterocycles. The number of halogens is 2. The summed E-state index contributed by atoms with van der Waals surface area (Å²) in [6.45, 7) is -0.0271. The van der Waals surface area contributed by atoms with Crippen molar-refractivity contribution >= 4 is 44.8 Å². The van der Waals surface area contributed by atoms with Crippen LogP contribution in [0, 0.1) is 0 Å². The molecule has 2 N–H and O–H groups in total. The highest BCUT2D eigenvalue weighted by molar-refractivity contribution is 7.89. The van der Waals surface area contributed by atoms with Gasteiger partial charge in [0, 0.05) is 13.0 Å². The van der Waals surface area contributed by atoms with Gasteiger partial charge in [-0.15, -0.1) is 0 Å². The van der Waals surface area contributed by atoms with Gasteiger partial charge in [-0.3, -0.25) is 4.79 Å². The van der Waals surface area contributed by atoms with Crippen LogP contribution in [-0.2, 0) is 14.8 Å². The number of hydrogen-bond donors (Lipinski definition) is 1. The maximum absolute atomic E-state index is 11.8. The molecule has 1 amide bonds. The molecule has 9 heteroatoms.